The number of phenols is 1. The molecule has 0 bridgehead atoms. The van der Waals surface area contributed by atoms with E-state index in [0.717, 1.165) is 25.2 Å². The van der Waals surface area contributed by atoms with Crippen LogP contribution in [0.25, 0.3) is 0 Å². The fourth-order valence-corrected chi connectivity index (χ4v) is 3.41. The highest BCUT2D eigenvalue weighted by molar-refractivity contribution is 6.31. The maximum Gasteiger partial charge on any atom is 0.255 e. The van der Waals surface area contributed by atoms with Crippen molar-refractivity contribution in [2.75, 3.05) is 18.4 Å². The third-order valence-electron chi connectivity index (χ3n) is 4.32. The van der Waals surface area contributed by atoms with E-state index in [1.807, 2.05) is 12.1 Å². The predicted octanol–water partition coefficient (Wildman–Crippen LogP) is 3.91. The Hall–Kier alpha value is -2.08. The van der Waals surface area contributed by atoms with Gasteiger partial charge in [0.2, 0.25) is 0 Å². The first-order valence-corrected chi connectivity index (χ1v) is 9.05. The summed E-state index contributed by atoms with van der Waals surface area (Å²) < 4.78 is 5.75. The Bertz CT molecular complexity index is 769. The Balaban J connectivity index is 1.63. The fraction of sp³-hybridized carbons (Fsp3) is 0.350. The molecule has 1 saturated heterocycles. The summed E-state index contributed by atoms with van der Waals surface area (Å²) in [5.41, 5.74) is 1.97. The molecule has 0 aliphatic carbocycles. The summed E-state index contributed by atoms with van der Waals surface area (Å²) in [5, 5.41) is 12.9. The van der Waals surface area contributed by atoms with Crippen LogP contribution in [0.5, 0.6) is 5.75 Å². The maximum atomic E-state index is 12.4. The molecule has 1 fully saturated rings. The molecular weight excluding hydrogens is 352 g/mol. The molecule has 26 heavy (non-hydrogen) atoms. The molecule has 2 aromatic rings. The monoisotopic (exact) mass is 374 g/mol. The van der Waals surface area contributed by atoms with Gasteiger partial charge in [-0.2, -0.15) is 0 Å². The van der Waals surface area contributed by atoms with Gasteiger partial charge in [-0.1, -0.05) is 23.7 Å². The molecule has 5 nitrogen and oxygen atoms in total. The Labute approximate surface area is 158 Å². The van der Waals surface area contributed by atoms with Crippen LogP contribution < -0.4 is 5.32 Å². The van der Waals surface area contributed by atoms with Crippen molar-refractivity contribution in [3.63, 3.8) is 0 Å². The number of phenolic OH excluding ortho intramolecular Hbond substituents is 1. The van der Waals surface area contributed by atoms with Gasteiger partial charge in [0.25, 0.3) is 5.91 Å². The lowest BCUT2D eigenvalue weighted by Crippen LogP contribution is -2.44. The second-order valence-electron chi connectivity index (χ2n) is 6.76. The van der Waals surface area contributed by atoms with Crippen LogP contribution in [0.1, 0.15) is 29.8 Å². The topological polar surface area (TPSA) is 61.8 Å². The van der Waals surface area contributed by atoms with E-state index in [1.165, 1.54) is 12.1 Å². The summed E-state index contributed by atoms with van der Waals surface area (Å²) in [5.74, 6) is -0.308. The van der Waals surface area contributed by atoms with Crippen molar-refractivity contribution in [3.05, 3.63) is 58.6 Å². The zero-order valence-electron chi connectivity index (χ0n) is 14.9. The third kappa shape index (κ3) is 4.75. The number of morpholine rings is 1. The number of ether oxygens (including phenoxy) is 1. The van der Waals surface area contributed by atoms with Crippen LogP contribution in [-0.4, -0.2) is 41.2 Å². The average Bonchev–Trinajstić information content (AvgIpc) is 2.58. The molecule has 2 N–H and O–H groups in total. The molecule has 0 saturated carbocycles. The molecule has 1 aliphatic heterocycles. The number of hydrogen-bond acceptors (Lipinski definition) is 4. The van der Waals surface area contributed by atoms with Crippen LogP contribution in [0.3, 0.4) is 0 Å². The van der Waals surface area contributed by atoms with E-state index in [9.17, 15) is 9.90 Å². The number of anilines is 1. The minimum absolute atomic E-state index is 0.0186. The largest absolute Gasteiger partial charge is 0.506 e. The quantitative estimate of drug-likeness (QED) is 0.796. The Kier molecular flexibility index (Phi) is 5.81. The lowest BCUT2D eigenvalue weighted by Gasteiger charge is -2.35. The van der Waals surface area contributed by atoms with Crippen LogP contribution >= 0.6 is 11.6 Å². The molecule has 2 atom stereocenters. The first-order valence-electron chi connectivity index (χ1n) is 8.67. The van der Waals surface area contributed by atoms with Crippen LogP contribution in [0.2, 0.25) is 5.02 Å². The van der Waals surface area contributed by atoms with Crippen molar-refractivity contribution in [2.45, 2.75) is 32.6 Å². The molecule has 1 heterocycles. The highest BCUT2D eigenvalue weighted by Gasteiger charge is 2.22. The van der Waals surface area contributed by atoms with Crippen LogP contribution in [0, 0.1) is 0 Å². The van der Waals surface area contributed by atoms with Gasteiger partial charge in [0, 0.05) is 30.2 Å². The molecule has 0 spiro atoms. The number of rotatable bonds is 4. The standard InChI is InChI=1S/C20H23ClN2O3/c1-13-10-23(11-14(2)26-13)12-15-3-5-16(6-4-15)20(25)22-18-9-17(21)7-8-19(18)24/h3-9,13-14,24H,10-12H2,1-2H3,(H,22,25). The van der Waals surface area contributed by atoms with E-state index < -0.39 is 0 Å². The second-order valence-corrected chi connectivity index (χ2v) is 7.20. The first-order chi connectivity index (χ1) is 12.4. The van der Waals surface area contributed by atoms with Crippen molar-refractivity contribution in [1.29, 1.82) is 0 Å². The van der Waals surface area contributed by atoms with Gasteiger partial charge in [0.05, 0.1) is 17.9 Å². The van der Waals surface area contributed by atoms with Gasteiger partial charge >= 0.3 is 0 Å². The number of halogens is 1. The summed E-state index contributed by atoms with van der Waals surface area (Å²) in [6.45, 7) is 6.80. The minimum atomic E-state index is -0.289. The number of nitrogens with zero attached hydrogens (tertiary/aromatic N) is 1. The number of hydrogen-bond donors (Lipinski definition) is 2. The molecule has 6 heteroatoms. The number of carbonyl (C=O) groups is 1. The second kappa shape index (κ2) is 8.08. The summed E-state index contributed by atoms with van der Waals surface area (Å²) in [4.78, 5) is 14.7. The van der Waals surface area contributed by atoms with Crippen LogP contribution in [0.4, 0.5) is 5.69 Å². The Morgan fingerprint density at radius 2 is 1.85 bits per heavy atom. The first kappa shape index (κ1) is 18.7. The summed E-state index contributed by atoms with van der Waals surface area (Å²) >= 11 is 5.90. The SMILES string of the molecule is CC1CN(Cc2ccc(C(=O)Nc3cc(Cl)ccc3O)cc2)CC(C)O1. The number of aromatic hydroxyl groups is 1. The number of carbonyl (C=O) groups excluding carboxylic acids is 1. The molecule has 2 aromatic carbocycles. The Morgan fingerprint density at radius 1 is 1.19 bits per heavy atom. The average molecular weight is 375 g/mol. The molecule has 0 radical (unpaired) electrons. The normalized spacial score (nSPS) is 20.7. The van der Waals surface area contributed by atoms with Gasteiger partial charge in [-0.05, 0) is 49.7 Å². The summed E-state index contributed by atoms with van der Waals surface area (Å²) in [6, 6.07) is 12.0. The van der Waals surface area contributed by atoms with Gasteiger partial charge in [0.1, 0.15) is 5.75 Å². The number of nitrogens with one attached hydrogen (secondary N) is 1. The third-order valence-corrected chi connectivity index (χ3v) is 4.56. The summed E-state index contributed by atoms with van der Waals surface area (Å²) in [7, 11) is 0. The molecule has 138 valence electrons. The van der Waals surface area contributed by atoms with Gasteiger partial charge < -0.3 is 15.2 Å². The van der Waals surface area contributed by atoms with Gasteiger partial charge in [-0.25, -0.2) is 0 Å². The Morgan fingerprint density at radius 3 is 2.50 bits per heavy atom. The smallest absolute Gasteiger partial charge is 0.255 e. The van der Waals surface area contributed by atoms with Crippen molar-refractivity contribution in [1.82, 2.24) is 4.90 Å². The molecule has 1 aliphatic rings. The highest BCUT2D eigenvalue weighted by atomic mass is 35.5. The van der Waals surface area contributed by atoms with Crippen molar-refractivity contribution in [2.24, 2.45) is 0 Å². The zero-order valence-corrected chi connectivity index (χ0v) is 15.7. The van der Waals surface area contributed by atoms with Gasteiger partial charge in [-0.15, -0.1) is 0 Å². The van der Waals surface area contributed by atoms with E-state index in [2.05, 4.69) is 24.1 Å². The lowest BCUT2D eigenvalue weighted by molar-refractivity contribution is -0.0704. The van der Waals surface area contributed by atoms with Gasteiger partial charge in [0.15, 0.2) is 0 Å². The van der Waals surface area contributed by atoms with Crippen molar-refractivity contribution in [3.8, 4) is 5.75 Å². The molecule has 1 amide bonds. The zero-order chi connectivity index (χ0) is 18.7. The van der Waals surface area contributed by atoms with Crippen molar-refractivity contribution < 1.29 is 14.6 Å². The van der Waals surface area contributed by atoms with Crippen LogP contribution in [0.15, 0.2) is 42.5 Å². The lowest BCUT2D eigenvalue weighted by atomic mass is 10.1. The predicted molar refractivity (Wildman–Crippen MR) is 103 cm³/mol. The van der Waals surface area contributed by atoms with E-state index in [-0.39, 0.29) is 23.9 Å². The van der Waals surface area contributed by atoms with Crippen molar-refractivity contribution >= 4 is 23.2 Å². The summed E-state index contributed by atoms with van der Waals surface area (Å²) in [6.07, 6.45) is 0.461. The molecule has 3 rings (SSSR count). The van der Waals surface area contributed by atoms with E-state index >= 15 is 0 Å². The van der Waals surface area contributed by atoms with Gasteiger partial charge in [-0.3, -0.25) is 9.69 Å². The minimum Gasteiger partial charge on any atom is -0.506 e. The van der Waals surface area contributed by atoms with Crippen LogP contribution in [-0.2, 0) is 11.3 Å². The number of amides is 1. The highest BCUT2D eigenvalue weighted by Crippen LogP contribution is 2.27. The fourth-order valence-electron chi connectivity index (χ4n) is 3.24. The van der Waals surface area contributed by atoms with E-state index in [0.29, 0.717) is 16.3 Å². The van der Waals surface area contributed by atoms with E-state index in [1.54, 1.807) is 18.2 Å². The maximum absolute atomic E-state index is 12.4. The molecule has 2 unspecified atom stereocenters. The number of benzene rings is 2. The molecular formula is C20H23ClN2O3. The van der Waals surface area contributed by atoms with E-state index in [4.69, 9.17) is 16.3 Å². The molecule has 0 aromatic heterocycles.